The molecule has 0 aliphatic carbocycles. The molecule has 110 valence electrons. The van der Waals surface area contributed by atoms with Gasteiger partial charge < -0.3 is 11.1 Å². The lowest BCUT2D eigenvalue weighted by Crippen LogP contribution is -2.18. The van der Waals surface area contributed by atoms with Crippen LogP contribution in [0.4, 0.5) is 5.69 Å². The molecule has 0 heterocycles. The van der Waals surface area contributed by atoms with E-state index in [1.807, 2.05) is 24.3 Å². The predicted octanol–water partition coefficient (Wildman–Crippen LogP) is 3.52. The number of hydrogen-bond donors (Lipinski definition) is 2. The fraction of sp³-hybridized carbons (Fsp3) is 0.235. The Morgan fingerprint density at radius 3 is 2.24 bits per heavy atom. The minimum absolute atomic E-state index is 0.286. The van der Waals surface area contributed by atoms with Crippen LogP contribution in [0.15, 0.2) is 53.0 Å². The highest BCUT2D eigenvalue weighted by molar-refractivity contribution is 9.10. The number of halogens is 1. The predicted molar refractivity (Wildman–Crippen MR) is 90.3 cm³/mol. The second kappa shape index (κ2) is 7.27. The smallest absolute Gasteiger partial charge is 0.221 e. The van der Waals surface area contributed by atoms with Crippen LogP contribution in [0.3, 0.4) is 0 Å². The van der Waals surface area contributed by atoms with Crippen LogP contribution in [0.2, 0.25) is 0 Å². The Hall–Kier alpha value is -1.81. The van der Waals surface area contributed by atoms with Gasteiger partial charge in [-0.2, -0.15) is 0 Å². The normalized spacial score (nSPS) is 11.9. The summed E-state index contributed by atoms with van der Waals surface area (Å²) in [6.45, 7) is 2.15. The highest BCUT2D eigenvalue weighted by Crippen LogP contribution is 2.15. The summed E-state index contributed by atoms with van der Waals surface area (Å²) in [5, 5.41) is 3.46. The van der Waals surface area contributed by atoms with E-state index < -0.39 is 0 Å². The molecule has 0 aromatic heterocycles. The summed E-state index contributed by atoms with van der Waals surface area (Å²) >= 11 is 3.44. The summed E-state index contributed by atoms with van der Waals surface area (Å²) in [7, 11) is 0. The Kier molecular flexibility index (Phi) is 5.39. The third-order valence-electron chi connectivity index (χ3n) is 3.20. The highest BCUT2D eigenvalue weighted by atomic mass is 79.9. The quantitative estimate of drug-likeness (QED) is 0.840. The lowest BCUT2D eigenvalue weighted by molar-refractivity contribution is -0.117. The molecule has 1 amide bonds. The summed E-state index contributed by atoms with van der Waals surface area (Å²) in [5.41, 5.74) is 8.46. The number of primary amides is 1. The van der Waals surface area contributed by atoms with Gasteiger partial charge >= 0.3 is 0 Å². The van der Waals surface area contributed by atoms with E-state index in [9.17, 15) is 4.79 Å². The zero-order chi connectivity index (χ0) is 15.2. The second-order valence-corrected chi connectivity index (χ2v) is 6.13. The molecule has 2 rings (SSSR count). The second-order valence-electron chi connectivity index (χ2n) is 5.22. The van der Waals surface area contributed by atoms with Gasteiger partial charge in [-0.15, -0.1) is 0 Å². The van der Waals surface area contributed by atoms with E-state index in [4.69, 9.17) is 5.73 Å². The summed E-state index contributed by atoms with van der Waals surface area (Å²) in [6, 6.07) is 16.5. The van der Waals surface area contributed by atoms with Crippen molar-refractivity contribution in [3.8, 4) is 0 Å². The summed E-state index contributed by atoms with van der Waals surface area (Å²) in [4.78, 5) is 10.9. The van der Waals surface area contributed by atoms with Crippen LogP contribution in [0.5, 0.6) is 0 Å². The molecule has 0 bridgehead atoms. The molecule has 0 aliphatic heterocycles. The van der Waals surface area contributed by atoms with Crippen molar-refractivity contribution in [2.75, 3.05) is 5.32 Å². The Morgan fingerprint density at radius 2 is 1.67 bits per heavy atom. The van der Waals surface area contributed by atoms with Crippen LogP contribution >= 0.6 is 15.9 Å². The molecule has 2 aromatic carbocycles. The molecule has 4 heteroatoms. The molecule has 2 aromatic rings. The van der Waals surface area contributed by atoms with Gasteiger partial charge in [-0.05, 0) is 48.7 Å². The van der Waals surface area contributed by atoms with E-state index in [0.29, 0.717) is 6.04 Å². The van der Waals surface area contributed by atoms with Crippen LogP contribution in [-0.2, 0) is 17.6 Å². The fourth-order valence-electron chi connectivity index (χ4n) is 2.23. The standard InChI is InChI=1S/C17H19BrN2O/c1-12(10-13-2-6-15(18)7-3-13)20-16-8-4-14(5-9-16)11-17(19)21/h2-9,12,20H,10-11H2,1H3,(H2,19,21). The molecular weight excluding hydrogens is 328 g/mol. The molecular formula is C17H19BrN2O. The average Bonchev–Trinajstić information content (AvgIpc) is 2.43. The SMILES string of the molecule is CC(Cc1ccc(Br)cc1)Nc1ccc(CC(N)=O)cc1. The molecule has 3 nitrogen and oxygen atoms in total. The lowest BCUT2D eigenvalue weighted by atomic mass is 10.1. The number of carbonyl (C=O) groups is 1. The van der Waals surface area contributed by atoms with E-state index >= 15 is 0 Å². The van der Waals surface area contributed by atoms with E-state index in [-0.39, 0.29) is 12.3 Å². The summed E-state index contributed by atoms with van der Waals surface area (Å²) in [5.74, 6) is -0.306. The van der Waals surface area contributed by atoms with E-state index in [1.165, 1.54) is 5.56 Å². The Morgan fingerprint density at radius 1 is 1.10 bits per heavy atom. The van der Waals surface area contributed by atoms with Gasteiger partial charge in [-0.1, -0.05) is 40.2 Å². The molecule has 0 radical (unpaired) electrons. The van der Waals surface area contributed by atoms with E-state index in [2.05, 4.69) is 52.4 Å². The number of rotatable bonds is 6. The highest BCUT2D eigenvalue weighted by Gasteiger charge is 2.04. The van der Waals surface area contributed by atoms with Gasteiger partial charge in [0.25, 0.3) is 0 Å². The largest absolute Gasteiger partial charge is 0.382 e. The Bertz CT molecular complexity index is 593. The first-order valence-electron chi connectivity index (χ1n) is 6.91. The van der Waals surface area contributed by atoms with Crippen molar-refractivity contribution < 1.29 is 4.79 Å². The van der Waals surface area contributed by atoms with Crippen LogP contribution in [0.25, 0.3) is 0 Å². The third kappa shape index (κ3) is 5.23. The molecule has 3 N–H and O–H groups in total. The first-order valence-corrected chi connectivity index (χ1v) is 7.70. The van der Waals surface area contributed by atoms with Crippen LogP contribution in [0.1, 0.15) is 18.1 Å². The van der Waals surface area contributed by atoms with Crippen LogP contribution < -0.4 is 11.1 Å². The number of nitrogens with two attached hydrogens (primary N) is 1. The molecule has 21 heavy (non-hydrogen) atoms. The molecule has 0 spiro atoms. The Balaban J connectivity index is 1.91. The summed E-state index contributed by atoms with van der Waals surface area (Å²) in [6.07, 6.45) is 1.24. The molecule has 0 saturated heterocycles. The molecule has 0 fully saturated rings. The van der Waals surface area contributed by atoms with Crippen molar-refractivity contribution in [1.82, 2.24) is 0 Å². The van der Waals surface area contributed by atoms with Gasteiger partial charge in [0, 0.05) is 16.2 Å². The Labute approximate surface area is 133 Å². The number of anilines is 1. The van der Waals surface area contributed by atoms with Crippen molar-refractivity contribution in [2.45, 2.75) is 25.8 Å². The molecule has 0 saturated carbocycles. The summed E-state index contributed by atoms with van der Waals surface area (Å²) < 4.78 is 1.09. The van der Waals surface area contributed by atoms with Gasteiger partial charge in [0.15, 0.2) is 0 Å². The third-order valence-corrected chi connectivity index (χ3v) is 3.73. The number of nitrogens with one attached hydrogen (secondary N) is 1. The van der Waals surface area contributed by atoms with E-state index in [1.54, 1.807) is 0 Å². The number of benzene rings is 2. The maximum absolute atomic E-state index is 10.9. The van der Waals surface area contributed by atoms with Crippen molar-refractivity contribution in [3.63, 3.8) is 0 Å². The first kappa shape index (κ1) is 15.6. The molecule has 1 unspecified atom stereocenters. The van der Waals surface area contributed by atoms with Gasteiger partial charge in [0.05, 0.1) is 6.42 Å². The van der Waals surface area contributed by atoms with Crippen LogP contribution in [-0.4, -0.2) is 11.9 Å². The van der Waals surface area contributed by atoms with E-state index in [0.717, 1.165) is 22.1 Å². The number of carbonyl (C=O) groups excluding carboxylic acids is 1. The zero-order valence-electron chi connectivity index (χ0n) is 12.0. The van der Waals surface area contributed by atoms with Crippen molar-refractivity contribution in [3.05, 3.63) is 64.1 Å². The maximum atomic E-state index is 10.9. The van der Waals surface area contributed by atoms with Crippen molar-refractivity contribution >= 4 is 27.5 Å². The minimum atomic E-state index is -0.306. The van der Waals surface area contributed by atoms with Gasteiger partial charge in [0.2, 0.25) is 5.91 Å². The topological polar surface area (TPSA) is 55.1 Å². The minimum Gasteiger partial charge on any atom is -0.382 e. The first-order chi connectivity index (χ1) is 10.0. The van der Waals surface area contributed by atoms with Crippen LogP contribution in [0, 0.1) is 0 Å². The molecule has 1 atom stereocenters. The lowest BCUT2D eigenvalue weighted by Gasteiger charge is -2.15. The fourth-order valence-corrected chi connectivity index (χ4v) is 2.49. The van der Waals surface area contributed by atoms with Crippen molar-refractivity contribution in [1.29, 1.82) is 0 Å². The number of amides is 1. The monoisotopic (exact) mass is 346 g/mol. The zero-order valence-corrected chi connectivity index (χ0v) is 13.6. The maximum Gasteiger partial charge on any atom is 0.221 e. The average molecular weight is 347 g/mol. The number of hydrogen-bond acceptors (Lipinski definition) is 2. The molecule has 0 aliphatic rings. The van der Waals surface area contributed by atoms with Gasteiger partial charge in [-0.3, -0.25) is 4.79 Å². The van der Waals surface area contributed by atoms with Gasteiger partial charge in [0.1, 0.15) is 0 Å². The van der Waals surface area contributed by atoms with Crippen molar-refractivity contribution in [2.24, 2.45) is 5.73 Å². The van der Waals surface area contributed by atoms with Gasteiger partial charge in [-0.25, -0.2) is 0 Å².